The topological polar surface area (TPSA) is 396 Å². The summed E-state index contributed by atoms with van der Waals surface area (Å²) in [5.41, 5.74) is -2.57. The average Bonchev–Trinajstić information content (AvgIpc) is 1.58. The summed E-state index contributed by atoms with van der Waals surface area (Å²) in [5, 5.41) is 15.8. The van der Waals surface area contributed by atoms with Gasteiger partial charge in [0, 0.05) is 53.7 Å². The van der Waals surface area contributed by atoms with E-state index in [1.54, 1.807) is 59.7 Å². The summed E-state index contributed by atoms with van der Waals surface area (Å²) in [5.74, 6) is -5.78. The van der Waals surface area contributed by atoms with Crippen LogP contribution in [0.25, 0.3) is 11.3 Å². The third kappa shape index (κ3) is 20.3. The summed E-state index contributed by atoms with van der Waals surface area (Å²) < 4.78 is 106. The molecule has 35 heteroatoms. The first-order chi connectivity index (χ1) is 53.5. The van der Waals surface area contributed by atoms with E-state index in [0.717, 1.165) is 56.9 Å². The monoisotopic (exact) mass is 1620 g/mol. The fraction of sp³-hybridized carbons (Fsp3) is 0.513. The van der Waals surface area contributed by atoms with Crippen molar-refractivity contribution < 1.29 is 82.9 Å². The van der Waals surface area contributed by atoms with Gasteiger partial charge in [0.25, 0.3) is 11.8 Å². The van der Waals surface area contributed by atoms with E-state index in [9.17, 15) is 64.0 Å². The van der Waals surface area contributed by atoms with Crippen molar-refractivity contribution in [3.8, 4) is 23.3 Å². The highest BCUT2D eigenvalue weighted by Gasteiger charge is 2.64. The zero-order chi connectivity index (χ0) is 81.1. The molecule has 0 bridgehead atoms. The number of rotatable bonds is 27. The van der Waals surface area contributed by atoms with Crippen molar-refractivity contribution in [1.82, 2.24) is 60.4 Å². The third-order valence-electron chi connectivity index (χ3n) is 21.3. The van der Waals surface area contributed by atoms with Crippen LogP contribution in [0.2, 0.25) is 5.15 Å². The minimum atomic E-state index is -3.94. The van der Waals surface area contributed by atoms with E-state index in [1.807, 2.05) is 30.3 Å². The fourth-order valence-corrected chi connectivity index (χ4v) is 17.4. The molecule has 606 valence electrons. The van der Waals surface area contributed by atoms with Crippen LogP contribution in [-0.4, -0.2) is 177 Å². The molecule has 2 aromatic heterocycles. The Balaban J connectivity index is 0.000000210. The van der Waals surface area contributed by atoms with Gasteiger partial charge in [-0.3, -0.25) is 38.2 Å². The molecule has 0 unspecified atom stereocenters. The second-order valence-electron chi connectivity index (χ2n) is 32.2. The highest BCUT2D eigenvalue weighted by atomic mass is 35.5. The number of sulfonamides is 2. The quantitative estimate of drug-likeness (QED) is 0.0179. The standard InChI is InChI=1S/C42H50FN7O8S.C36H45ClFN7O8S/c1-5-26-23-42(26,38(53)49-59(55,56)31-19-20-31)48-36(51)33-21-30(24-50(33)37(52)35(41(2,3)4)47-40(54)58-29-13-9-10-14-29)57-39-45-32(25-11-7-6-8-12-25)22-34(46-39)44-28-17-15-27(43)16-18-28;1-5-20-18-36(20,32(48)44-54(50,51)25-14-15-25)43-30(46)26-16-24(52-33-40-27(37)17-28(41-33)39-22-12-10-21(38)11-13-22)19-45(26)31(47)29(35(2,3)4)42-34(49)53-23-8-6-7-9-23/h5-8,11-12,15-18,22,26,29-31,33,35H,1,9-10,13-14,19-21,23-24H2,2-4H3,(H,47,54)(H,48,51)(H,49,53)(H,44,45,46);5,10-13,17,20,23-26,29H,1,6-9,14-16,18-19H2,2-4H3,(H,42,49)(H,43,46)(H,44,48)(H,39,40,41)/t26-,30-,33+,35-,42-;20-,24-,26+,29-,36-/m11/s1. The first-order valence-corrected chi connectivity index (χ1v) is 41.4. The zero-order valence-electron chi connectivity index (χ0n) is 63.6. The maximum atomic E-state index is 14.7. The zero-order valence-corrected chi connectivity index (χ0v) is 65.9. The minimum absolute atomic E-state index is 0.0147. The summed E-state index contributed by atoms with van der Waals surface area (Å²) in [6.45, 7) is 17.9. The molecule has 5 aromatic rings. The number of amides is 8. The summed E-state index contributed by atoms with van der Waals surface area (Å²) in [6, 6.07) is 18.7. The summed E-state index contributed by atoms with van der Waals surface area (Å²) in [7, 11) is -7.87. The molecular formula is C78H95ClF2N14O16S2. The number of halogens is 3. The Kier molecular flexibility index (Phi) is 24.4. The van der Waals surface area contributed by atoms with Gasteiger partial charge in [0.05, 0.1) is 29.3 Å². The SMILES string of the molecule is C=C[C@@H]1C[C@]1(NC(=O)[C@@H]1C[C@@H](Oc2nc(Cl)cc(Nc3ccc(F)cc3)n2)CN1C(=O)[C@@H](NC(=O)OC1CCCC1)C(C)(C)C)C(=O)NS(=O)(=O)C1CC1.C=C[C@@H]1C[C@]1(NC(=O)[C@@H]1C[C@@H](Oc2nc(Nc3ccc(F)cc3)cc(-c3ccccc3)n2)CN1C(=O)[C@@H](NC(=O)OC1CCCC1)C(C)(C)C)C(=O)NS(=O)(=O)C1CC1. The maximum absolute atomic E-state index is 14.7. The molecule has 6 saturated carbocycles. The van der Waals surface area contributed by atoms with E-state index in [4.69, 9.17) is 30.5 Å². The molecule has 30 nitrogen and oxygen atoms in total. The molecule has 3 aromatic carbocycles. The second-order valence-corrected chi connectivity index (χ2v) is 36.6. The summed E-state index contributed by atoms with van der Waals surface area (Å²) >= 11 is 6.29. The van der Waals surface area contributed by atoms with Gasteiger partial charge >= 0.3 is 24.2 Å². The van der Waals surface area contributed by atoms with Crippen LogP contribution in [0.3, 0.4) is 0 Å². The minimum Gasteiger partial charge on any atom is -0.458 e. The van der Waals surface area contributed by atoms with Crippen molar-refractivity contribution in [3.63, 3.8) is 0 Å². The number of carbonyl (C=O) groups is 8. The number of anilines is 4. The molecule has 4 heterocycles. The third-order valence-corrected chi connectivity index (χ3v) is 25.2. The van der Waals surface area contributed by atoms with E-state index in [-0.39, 0.29) is 74.0 Å². The Morgan fingerprint density at radius 3 is 1.30 bits per heavy atom. The molecule has 8 fully saturated rings. The maximum Gasteiger partial charge on any atom is 0.408 e. The number of hydrogen-bond donors (Lipinski definition) is 8. The van der Waals surface area contributed by atoms with Gasteiger partial charge in [0.2, 0.25) is 43.7 Å². The first kappa shape index (κ1) is 82.4. The van der Waals surface area contributed by atoms with Crippen LogP contribution in [0, 0.1) is 34.3 Å². The Labute approximate surface area is 659 Å². The average molecular weight is 1620 g/mol. The van der Waals surface area contributed by atoms with Crippen LogP contribution in [-0.2, 0) is 58.3 Å². The molecule has 6 aliphatic carbocycles. The van der Waals surface area contributed by atoms with Gasteiger partial charge in [-0.2, -0.15) is 19.9 Å². The van der Waals surface area contributed by atoms with Crippen molar-refractivity contribution in [2.75, 3.05) is 23.7 Å². The second kappa shape index (κ2) is 33.5. The van der Waals surface area contributed by atoms with Crippen molar-refractivity contribution >= 4 is 102 Å². The molecule has 8 aliphatic rings. The van der Waals surface area contributed by atoms with Gasteiger partial charge in [-0.1, -0.05) is 95.6 Å². The highest BCUT2D eigenvalue weighted by molar-refractivity contribution is 7.91. The van der Waals surface area contributed by atoms with Gasteiger partial charge in [-0.25, -0.2) is 35.2 Å². The van der Waals surface area contributed by atoms with Gasteiger partial charge in [-0.15, -0.1) is 13.2 Å². The van der Waals surface area contributed by atoms with Crippen LogP contribution >= 0.6 is 11.6 Å². The van der Waals surface area contributed by atoms with Crippen molar-refractivity contribution in [2.24, 2.45) is 22.7 Å². The number of ether oxygens (including phenoxy) is 4. The molecule has 113 heavy (non-hydrogen) atoms. The van der Waals surface area contributed by atoms with Crippen molar-refractivity contribution in [2.45, 2.75) is 214 Å². The number of benzene rings is 3. The number of carbonyl (C=O) groups excluding carboxylic acids is 8. The van der Waals surface area contributed by atoms with Crippen molar-refractivity contribution in [1.29, 1.82) is 0 Å². The van der Waals surface area contributed by atoms with Crippen LogP contribution in [0.5, 0.6) is 12.0 Å². The summed E-state index contributed by atoms with van der Waals surface area (Å²) in [6.07, 6.45) is 7.65. The van der Waals surface area contributed by atoms with Crippen LogP contribution in [0.1, 0.15) is 144 Å². The predicted molar refractivity (Wildman–Crippen MR) is 412 cm³/mol. The lowest BCUT2D eigenvalue weighted by molar-refractivity contribution is -0.143. The smallest absolute Gasteiger partial charge is 0.408 e. The van der Waals surface area contributed by atoms with Gasteiger partial charge in [0.15, 0.2) is 0 Å². The lowest BCUT2D eigenvalue weighted by Crippen LogP contribution is -2.60. The lowest BCUT2D eigenvalue weighted by atomic mass is 9.85. The first-order valence-electron chi connectivity index (χ1n) is 38.0. The van der Waals surface area contributed by atoms with E-state index < -0.39 is 160 Å². The van der Waals surface area contributed by atoms with E-state index >= 15 is 0 Å². The number of alkyl carbamates (subject to hydrolysis) is 2. The number of likely N-dealkylation sites (tertiary alicyclic amines) is 2. The molecule has 8 amide bonds. The van der Waals surface area contributed by atoms with Crippen LogP contribution < -0.4 is 50.8 Å². The lowest BCUT2D eigenvalue weighted by Gasteiger charge is -2.35. The molecule has 13 rings (SSSR count). The molecule has 10 atom stereocenters. The fourth-order valence-electron chi connectivity index (χ4n) is 14.5. The highest BCUT2D eigenvalue weighted by Crippen LogP contribution is 2.47. The Morgan fingerprint density at radius 1 is 0.540 bits per heavy atom. The van der Waals surface area contributed by atoms with Gasteiger partial charge in [-0.05, 0) is 149 Å². The Hall–Kier alpha value is -10.1. The number of hydrogen-bond acceptors (Lipinski definition) is 22. The molecule has 0 spiro atoms. The normalized spacial score (nSPS) is 24.0. The number of nitrogens with zero attached hydrogens (tertiary/aromatic N) is 6. The Bertz CT molecular complexity index is 4680. The van der Waals surface area contributed by atoms with Gasteiger partial charge < -0.3 is 60.6 Å². The van der Waals surface area contributed by atoms with E-state index in [0.29, 0.717) is 48.6 Å². The molecule has 2 aliphatic heterocycles. The number of nitrogens with one attached hydrogen (secondary N) is 8. The van der Waals surface area contributed by atoms with Gasteiger partial charge in [0.1, 0.15) is 88.1 Å². The van der Waals surface area contributed by atoms with Crippen LogP contribution in [0.4, 0.5) is 41.4 Å². The van der Waals surface area contributed by atoms with Crippen molar-refractivity contribution in [3.05, 3.63) is 133 Å². The van der Waals surface area contributed by atoms with Crippen LogP contribution in [0.15, 0.2) is 116 Å². The Morgan fingerprint density at radius 2 is 0.929 bits per heavy atom. The summed E-state index contributed by atoms with van der Waals surface area (Å²) in [4.78, 5) is 131. The molecule has 2 saturated heterocycles. The van der Waals surface area contributed by atoms with E-state index in [1.165, 1.54) is 64.4 Å². The molecule has 8 N–H and O–H groups in total. The number of aromatic nitrogens is 4. The largest absolute Gasteiger partial charge is 0.458 e. The van der Waals surface area contributed by atoms with E-state index in [2.05, 4.69) is 74.4 Å². The molecule has 0 radical (unpaired) electrons. The molecular weight excluding hydrogens is 1530 g/mol. The predicted octanol–water partition coefficient (Wildman–Crippen LogP) is 9.24.